The molecule has 0 aliphatic rings. The van der Waals surface area contributed by atoms with Crippen LogP contribution in [-0.4, -0.2) is 24.5 Å². The highest BCUT2D eigenvalue weighted by molar-refractivity contribution is 7.05. The van der Waals surface area contributed by atoms with E-state index in [-0.39, 0.29) is 5.41 Å². The Kier molecular flexibility index (Phi) is 4.25. The molecule has 0 saturated carbocycles. The van der Waals surface area contributed by atoms with Crippen molar-refractivity contribution in [3.8, 4) is 0 Å². The van der Waals surface area contributed by atoms with Gasteiger partial charge < -0.3 is 5.11 Å². The van der Waals surface area contributed by atoms with E-state index in [2.05, 4.69) is 42.4 Å². The molecule has 0 aliphatic carbocycles. The quantitative estimate of drug-likeness (QED) is 0.941. The summed E-state index contributed by atoms with van der Waals surface area (Å²) in [5.74, 6) is 0. The van der Waals surface area contributed by atoms with Crippen molar-refractivity contribution in [2.75, 3.05) is 0 Å². The third-order valence-corrected chi connectivity index (χ3v) is 4.04. The van der Waals surface area contributed by atoms with Gasteiger partial charge in [0.1, 0.15) is 0 Å². The first-order valence-corrected chi connectivity index (χ1v) is 7.64. The smallest absolute Gasteiger partial charge is 0.0972 e. The van der Waals surface area contributed by atoms with Crippen molar-refractivity contribution in [2.24, 2.45) is 0 Å². The van der Waals surface area contributed by atoms with Crippen LogP contribution in [0.15, 0.2) is 6.07 Å². The standard InChI is InChI=1S/C14H22N4OS/c1-6-18-10(7-9(2)16-18)8-11(19)12-13(14(3,4)5)15-17-20-12/h7,11,19H,6,8H2,1-5H3. The number of nitrogens with zero attached hydrogens (tertiary/aromatic N) is 4. The third kappa shape index (κ3) is 3.07. The van der Waals surface area contributed by atoms with E-state index in [0.717, 1.165) is 28.5 Å². The van der Waals surface area contributed by atoms with Gasteiger partial charge in [-0.05, 0) is 31.4 Å². The van der Waals surface area contributed by atoms with E-state index in [1.807, 2.05) is 17.7 Å². The third-order valence-electron chi connectivity index (χ3n) is 3.21. The average Bonchev–Trinajstić information content (AvgIpc) is 2.94. The van der Waals surface area contributed by atoms with E-state index in [4.69, 9.17) is 0 Å². The highest BCUT2D eigenvalue weighted by Crippen LogP contribution is 2.31. The van der Waals surface area contributed by atoms with Gasteiger partial charge in [-0.1, -0.05) is 25.3 Å². The van der Waals surface area contributed by atoms with Crippen LogP contribution in [0.2, 0.25) is 0 Å². The minimum atomic E-state index is -0.578. The molecule has 2 rings (SSSR count). The van der Waals surface area contributed by atoms with E-state index in [1.54, 1.807) is 0 Å². The fraction of sp³-hybridized carbons (Fsp3) is 0.643. The summed E-state index contributed by atoms with van der Waals surface area (Å²) in [6.07, 6.45) is -0.0348. The van der Waals surface area contributed by atoms with Crippen molar-refractivity contribution in [3.63, 3.8) is 0 Å². The Morgan fingerprint density at radius 2 is 2.10 bits per heavy atom. The monoisotopic (exact) mass is 294 g/mol. The summed E-state index contributed by atoms with van der Waals surface area (Å²) in [4.78, 5) is 0.860. The van der Waals surface area contributed by atoms with Crippen molar-refractivity contribution in [2.45, 2.75) is 59.1 Å². The van der Waals surface area contributed by atoms with Crippen LogP contribution in [0.4, 0.5) is 0 Å². The molecule has 1 N–H and O–H groups in total. The number of hydrogen-bond donors (Lipinski definition) is 1. The molecule has 0 aromatic carbocycles. The topological polar surface area (TPSA) is 63.8 Å². The van der Waals surface area contributed by atoms with Crippen LogP contribution in [0.25, 0.3) is 0 Å². The lowest BCUT2D eigenvalue weighted by Gasteiger charge is -2.19. The number of hydrogen-bond acceptors (Lipinski definition) is 5. The Morgan fingerprint density at radius 3 is 2.70 bits per heavy atom. The molecule has 6 heteroatoms. The lowest BCUT2D eigenvalue weighted by molar-refractivity contribution is 0.176. The van der Waals surface area contributed by atoms with E-state index in [0.29, 0.717) is 6.42 Å². The Morgan fingerprint density at radius 1 is 1.40 bits per heavy atom. The number of aromatic nitrogens is 4. The lowest BCUT2D eigenvalue weighted by atomic mass is 9.90. The Balaban J connectivity index is 2.24. The number of aliphatic hydroxyl groups excluding tert-OH is 1. The Bertz CT molecular complexity index is 582. The normalized spacial score (nSPS) is 13.7. The molecule has 0 bridgehead atoms. The number of rotatable bonds is 4. The molecule has 0 fully saturated rings. The summed E-state index contributed by atoms with van der Waals surface area (Å²) < 4.78 is 5.94. The van der Waals surface area contributed by atoms with Gasteiger partial charge in [-0.3, -0.25) is 4.68 Å². The van der Waals surface area contributed by atoms with Gasteiger partial charge in [-0.25, -0.2) is 0 Å². The summed E-state index contributed by atoms with van der Waals surface area (Å²) >= 11 is 1.28. The molecule has 0 amide bonds. The first kappa shape index (κ1) is 15.1. The van der Waals surface area contributed by atoms with Crippen molar-refractivity contribution in [1.82, 2.24) is 19.4 Å². The molecule has 110 valence electrons. The highest BCUT2D eigenvalue weighted by atomic mass is 32.1. The summed E-state index contributed by atoms with van der Waals surface area (Å²) in [7, 11) is 0. The van der Waals surface area contributed by atoms with Crippen LogP contribution in [-0.2, 0) is 18.4 Å². The van der Waals surface area contributed by atoms with Crippen LogP contribution in [0.1, 0.15) is 55.8 Å². The first-order chi connectivity index (χ1) is 9.32. The van der Waals surface area contributed by atoms with Crippen LogP contribution in [0.3, 0.4) is 0 Å². The lowest BCUT2D eigenvalue weighted by Crippen LogP contribution is -2.17. The van der Waals surface area contributed by atoms with E-state index < -0.39 is 6.10 Å². The first-order valence-electron chi connectivity index (χ1n) is 6.87. The van der Waals surface area contributed by atoms with Gasteiger partial charge >= 0.3 is 0 Å². The van der Waals surface area contributed by atoms with Gasteiger partial charge in [-0.15, -0.1) is 5.10 Å². The molecule has 20 heavy (non-hydrogen) atoms. The number of aliphatic hydroxyl groups is 1. The molecule has 2 heterocycles. The molecular weight excluding hydrogens is 272 g/mol. The van der Waals surface area contributed by atoms with Crippen molar-refractivity contribution < 1.29 is 5.11 Å². The molecule has 2 aromatic heterocycles. The zero-order valence-corrected chi connectivity index (χ0v) is 13.5. The molecular formula is C14H22N4OS. The zero-order valence-electron chi connectivity index (χ0n) is 12.7. The summed E-state index contributed by atoms with van der Waals surface area (Å²) in [5.41, 5.74) is 2.80. The maximum Gasteiger partial charge on any atom is 0.0972 e. The van der Waals surface area contributed by atoms with Gasteiger partial charge in [-0.2, -0.15) is 5.10 Å². The summed E-state index contributed by atoms with van der Waals surface area (Å²) in [6.45, 7) is 11.1. The minimum absolute atomic E-state index is 0.107. The average molecular weight is 294 g/mol. The molecule has 5 nitrogen and oxygen atoms in total. The van der Waals surface area contributed by atoms with Crippen molar-refractivity contribution in [3.05, 3.63) is 28.0 Å². The Labute approximate surface area is 123 Å². The minimum Gasteiger partial charge on any atom is -0.387 e. The summed E-state index contributed by atoms with van der Waals surface area (Å²) in [6, 6.07) is 2.03. The van der Waals surface area contributed by atoms with Crippen LogP contribution in [0, 0.1) is 6.92 Å². The van der Waals surface area contributed by atoms with Gasteiger partial charge in [0, 0.05) is 24.1 Å². The molecule has 2 aromatic rings. The largest absolute Gasteiger partial charge is 0.387 e. The molecule has 0 radical (unpaired) electrons. The fourth-order valence-corrected chi connectivity index (χ4v) is 3.11. The summed E-state index contributed by atoms with van der Waals surface area (Å²) in [5, 5.41) is 19.1. The van der Waals surface area contributed by atoms with E-state index >= 15 is 0 Å². The second-order valence-electron chi connectivity index (χ2n) is 6.05. The van der Waals surface area contributed by atoms with Gasteiger partial charge in [0.2, 0.25) is 0 Å². The van der Waals surface area contributed by atoms with Gasteiger partial charge in [0.25, 0.3) is 0 Å². The second-order valence-corrected chi connectivity index (χ2v) is 6.83. The Hall–Kier alpha value is -1.27. The van der Waals surface area contributed by atoms with Crippen LogP contribution >= 0.6 is 11.5 Å². The molecule has 0 spiro atoms. The molecule has 1 unspecified atom stereocenters. The maximum atomic E-state index is 10.5. The van der Waals surface area contributed by atoms with Gasteiger partial charge in [0.05, 0.1) is 22.4 Å². The zero-order chi connectivity index (χ0) is 14.9. The second kappa shape index (κ2) is 5.61. The van der Waals surface area contributed by atoms with E-state index in [9.17, 15) is 5.11 Å². The number of aryl methyl sites for hydroxylation is 2. The molecule has 1 atom stereocenters. The highest BCUT2D eigenvalue weighted by Gasteiger charge is 2.27. The SMILES string of the molecule is CCn1nc(C)cc1CC(O)c1snnc1C(C)(C)C. The predicted octanol–water partition coefficient (Wildman–Crippen LogP) is 2.64. The predicted molar refractivity (Wildman–Crippen MR) is 79.9 cm³/mol. The molecule has 0 aliphatic heterocycles. The van der Waals surface area contributed by atoms with Gasteiger partial charge in [0.15, 0.2) is 0 Å². The molecule has 0 saturated heterocycles. The fourth-order valence-electron chi connectivity index (χ4n) is 2.26. The van der Waals surface area contributed by atoms with Crippen LogP contribution < -0.4 is 0 Å². The maximum absolute atomic E-state index is 10.5. The van der Waals surface area contributed by atoms with Crippen molar-refractivity contribution >= 4 is 11.5 Å². The van der Waals surface area contributed by atoms with Crippen LogP contribution in [0.5, 0.6) is 0 Å². The van der Waals surface area contributed by atoms with Crippen molar-refractivity contribution in [1.29, 1.82) is 0 Å². The van der Waals surface area contributed by atoms with E-state index in [1.165, 1.54) is 11.5 Å².